The molecule has 0 aromatic heterocycles. The Morgan fingerprint density at radius 3 is 2.36 bits per heavy atom. The molecule has 0 saturated heterocycles. The van der Waals surface area contributed by atoms with E-state index in [1.54, 1.807) is 0 Å². The van der Waals surface area contributed by atoms with Crippen LogP contribution in [-0.2, 0) is 31.0 Å². The molecule has 0 heterocycles. The van der Waals surface area contributed by atoms with Crippen molar-refractivity contribution in [3.8, 4) is 0 Å². The summed E-state index contributed by atoms with van der Waals surface area (Å²) < 4.78 is 13.4. The number of nitrogens with one attached hydrogen (secondary N) is 1. The SMILES string of the molecule is CN(CC(=O)OP(=O)([O-])[O-])C(=N)N.[Mn+2]. The predicted octanol–water partition coefficient (Wildman–Crippen LogP) is -2.82. The Bertz CT molecular complexity index is 266. The molecule has 0 atom stereocenters. The summed E-state index contributed by atoms with van der Waals surface area (Å²) in [6, 6.07) is 0. The molecule has 0 aromatic rings. The maximum absolute atomic E-state index is 10.6. The largest absolute Gasteiger partial charge is 2.00 e. The van der Waals surface area contributed by atoms with Gasteiger partial charge >= 0.3 is 23.0 Å². The molecule has 0 aliphatic carbocycles. The summed E-state index contributed by atoms with van der Waals surface area (Å²) in [7, 11) is -4.03. The molecule has 0 bridgehead atoms. The van der Waals surface area contributed by atoms with E-state index in [1.165, 1.54) is 7.05 Å². The van der Waals surface area contributed by atoms with Crippen LogP contribution in [0.3, 0.4) is 0 Å². The molecule has 0 rings (SSSR count). The Balaban J connectivity index is 0. The van der Waals surface area contributed by atoms with Crippen LogP contribution in [0.15, 0.2) is 0 Å². The van der Waals surface area contributed by atoms with E-state index in [9.17, 15) is 19.1 Å². The minimum Gasteiger partial charge on any atom is -0.780 e. The number of hydrogen-bond donors (Lipinski definition) is 2. The number of guanidine groups is 1. The van der Waals surface area contributed by atoms with Crippen LogP contribution in [0.1, 0.15) is 0 Å². The Labute approximate surface area is 90.6 Å². The summed E-state index contributed by atoms with van der Waals surface area (Å²) in [5.41, 5.74) is 4.92. The Hall–Kier alpha value is -0.591. The summed E-state index contributed by atoms with van der Waals surface area (Å²) in [6.45, 7) is -0.566. The molecule has 0 unspecified atom stereocenters. The van der Waals surface area contributed by atoms with E-state index in [0.717, 1.165) is 4.90 Å². The van der Waals surface area contributed by atoms with Gasteiger partial charge in [-0.25, -0.2) is 4.79 Å². The fraction of sp³-hybridized carbons (Fsp3) is 0.500. The molecule has 0 aliphatic rings. The van der Waals surface area contributed by atoms with Crippen LogP contribution in [0.25, 0.3) is 0 Å². The van der Waals surface area contributed by atoms with E-state index in [2.05, 4.69) is 4.52 Å². The van der Waals surface area contributed by atoms with Crippen molar-refractivity contribution in [2.75, 3.05) is 13.6 Å². The van der Waals surface area contributed by atoms with Crippen molar-refractivity contribution in [2.24, 2.45) is 5.73 Å². The minimum absolute atomic E-state index is 0. The molecule has 1 radical (unpaired) electrons. The minimum atomic E-state index is -5.30. The van der Waals surface area contributed by atoms with E-state index in [1.807, 2.05) is 0 Å². The van der Waals surface area contributed by atoms with E-state index >= 15 is 0 Å². The zero-order valence-electron chi connectivity index (χ0n) is 7.10. The van der Waals surface area contributed by atoms with Crippen LogP contribution in [0.5, 0.6) is 0 Å². The van der Waals surface area contributed by atoms with Gasteiger partial charge in [-0.3, -0.25) is 5.41 Å². The van der Waals surface area contributed by atoms with Crippen LogP contribution in [-0.4, -0.2) is 30.4 Å². The first-order valence-electron chi connectivity index (χ1n) is 3.02. The van der Waals surface area contributed by atoms with E-state index in [4.69, 9.17) is 11.1 Å². The molecule has 10 heteroatoms. The van der Waals surface area contributed by atoms with Crippen molar-refractivity contribution in [3.05, 3.63) is 0 Å². The number of phosphoric acid groups is 1. The average molecular weight is 264 g/mol. The van der Waals surface area contributed by atoms with Crippen molar-refractivity contribution in [1.29, 1.82) is 5.41 Å². The fourth-order valence-electron chi connectivity index (χ4n) is 0.432. The quantitative estimate of drug-likeness (QED) is 0.242. The van der Waals surface area contributed by atoms with Crippen LogP contribution in [0.2, 0.25) is 0 Å². The van der Waals surface area contributed by atoms with Gasteiger partial charge in [0, 0.05) is 7.05 Å². The number of hydrogen-bond acceptors (Lipinski definition) is 6. The summed E-state index contributed by atoms with van der Waals surface area (Å²) in [5, 5.41) is 6.80. The third-order valence-corrected chi connectivity index (χ3v) is 1.42. The van der Waals surface area contributed by atoms with Gasteiger partial charge in [-0.05, 0) is 0 Å². The number of nitrogens with two attached hydrogens (primary N) is 1. The summed E-state index contributed by atoms with van der Waals surface area (Å²) in [4.78, 5) is 31.3. The first-order chi connectivity index (χ1) is 5.72. The molecule has 0 amide bonds. The molecule has 0 aliphatic heterocycles. The molecule has 14 heavy (non-hydrogen) atoms. The maximum Gasteiger partial charge on any atom is 2.00 e. The summed E-state index contributed by atoms with van der Waals surface area (Å²) in [5.74, 6) is -1.71. The van der Waals surface area contributed by atoms with Gasteiger partial charge in [-0.15, -0.1) is 0 Å². The normalized spacial score (nSPS) is 9.93. The number of rotatable bonds is 3. The molecule has 0 spiro atoms. The van der Waals surface area contributed by atoms with Gasteiger partial charge in [0.1, 0.15) is 14.4 Å². The van der Waals surface area contributed by atoms with Crippen LogP contribution in [0, 0.1) is 5.41 Å². The van der Waals surface area contributed by atoms with Crippen molar-refractivity contribution >= 4 is 19.8 Å². The number of nitrogens with zero attached hydrogens (tertiary/aromatic N) is 1. The molecule has 0 saturated carbocycles. The van der Waals surface area contributed by atoms with E-state index in [-0.39, 0.29) is 17.1 Å². The van der Waals surface area contributed by atoms with Gasteiger partial charge in [0.25, 0.3) is 0 Å². The number of carbonyl (C=O) groups excluding carboxylic acids is 1. The van der Waals surface area contributed by atoms with Gasteiger partial charge in [0.15, 0.2) is 5.96 Å². The Morgan fingerprint density at radius 1 is 1.64 bits per heavy atom. The Kier molecular flexibility index (Phi) is 6.80. The molecule has 0 fully saturated rings. The third kappa shape index (κ3) is 8.03. The molecular formula is C4H8MnN3O5P. The second-order valence-corrected chi connectivity index (χ2v) is 3.23. The van der Waals surface area contributed by atoms with Crippen molar-refractivity contribution in [3.63, 3.8) is 0 Å². The van der Waals surface area contributed by atoms with Crippen molar-refractivity contribution in [2.45, 2.75) is 0 Å². The van der Waals surface area contributed by atoms with Gasteiger partial charge in [0.05, 0.1) is 0 Å². The van der Waals surface area contributed by atoms with Gasteiger partial charge in [-0.2, -0.15) is 0 Å². The number of likely N-dealkylation sites (N-methyl/N-ethyl adjacent to an activating group) is 1. The summed E-state index contributed by atoms with van der Waals surface area (Å²) in [6.07, 6.45) is 0. The Morgan fingerprint density at radius 2 is 2.07 bits per heavy atom. The zero-order valence-corrected chi connectivity index (χ0v) is 9.17. The fourth-order valence-corrected chi connectivity index (χ4v) is 0.740. The van der Waals surface area contributed by atoms with Gasteiger partial charge in [-0.1, -0.05) is 0 Å². The van der Waals surface area contributed by atoms with Crippen molar-refractivity contribution in [1.82, 2.24) is 4.90 Å². The molecule has 3 N–H and O–H groups in total. The monoisotopic (exact) mass is 264 g/mol. The standard InChI is InChI=1S/C4H10N3O5P.Mn/c1-7(4(5)6)2-3(8)12-13(9,10)11;/h2H2,1H3,(H3,5,6)(H2,9,10,11);/q;+2/p-2. The van der Waals surface area contributed by atoms with E-state index < -0.39 is 26.3 Å². The molecule has 81 valence electrons. The van der Waals surface area contributed by atoms with Crippen molar-refractivity contribution < 1.29 is 40.7 Å². The second-order valence-electron chi connectivity index (χ2n) is 2.15. The molecule has 0 aromatic carbocycles. The first kappa shape index (κ1) is 15.9. The average Bonchev–Trinajstić information content (AvgIpc) is 1.81. The maximum atomic E-state index is 10.6. The van der Waals surface area contributed by atoms with Crippen LogP contribution >= 0.6 is 7.82 Å². The third-order valence-electron chi connectivity index (χ3n) is 0.991. The van der Waals surface area contributed by atoms with Crippen LogP contribution in [0.4, 0.5) is 0 Å². The first-order valence-corrected chi connectivity index (χ1v) is 4.48. The predicted molar refractivity (Wildman–Crippen MR) is 38.2 cm³/mol. The summed E-state index contributed by atoms with van der Waals surface area (Å²) >= 11 is 0. The zero-order chi connectivity index (χ0) is 10.6. The van der Waals surface area contributed by atoms with Gasteiger partial charge in [0.2, 0.25) is 0 Å². The topological polar surface area (TPSA) is 143 Å². The van der Waals surface area contributed by atoms with Gasteiger partial charge < -0.3 is 29.5 Å². The molecule has 8 nitrogen and oxygen atoms in total. The van der Waals surface area contributed by atoms with E-state index in [0.29, 0.717) is 0 Å². The number of phosphoric ester groups is 1. The number of carbonyl (C=O) groups is 1. The molecular weight excluding hydrogens is 256 g/mol. The van der Waals surface area contributed by atoms with Crippen LogP contribution < -0.4 is 15.5 Å². The smallest absolute Gasteiger partial charge is 0.780 e. The second kappa shape index (κ2) is 6.00.